The van der Waals surface area contributed by atoms with Crippen molar-refractivity contribution >= 4 is 5.69 Å². The SMILES string of the molecule is CC1(O)Cc2ccc(N)cc2C1. The number of benzene rings is 1. The van der Waals surface area contributed by atoms with Crippen molar-refractivity contribution in [1.29, 1.82) is 0 Å². The van der Waals surface area contributed by atoms with Crippen molar-refractivity contribution in [2.75, 3.05) is 5.73 Å². The van der Waals surface area contributed by atoms with Gasteiger partial charge in [-0.2, -0.15) is 0 Å². The molecule has 1 aliphatic rings. The van der Waals surface area contributed by atoms with Crippen molar-refractivity contribution in [3.63, 3.8) is 0 Å². The van der Waals surface area contributed by atoms with Crippen LogP contribution in [0.3, 0.4) is 0 Å². The molecule has 2 heteroatoms. The van der Waals surface area contributed by atoms with Gasteiger partial charge in [-0.25, -0.2) is 0 Å². The molecular formula is C10H13NO. The van der Waals surface area contributed by atoms with Crippen molar-refractivity contribution < 1.29 is 5.11 Å². The van der Waals surface area contributed by atoms with Crippen LogP contribution in [0.25, 0.3) is 0 Å². The second-order valence-electron chi connectivity index (χ2n) is 3.88. The molecule has 0 fully saturated rings. The Balaban J connectivity index is 2.43. The fraction of sp³-hybridized carbons (Fsp3) is 0.400. The summed E-state index contributed by atoms with van der Waals surface area (Å²) in [4.78, 5) is 0. The van der Waals surface area contributed by atoms with Gasteiger partial charge < -0.3 is 10.8 Å². The van der Waals surface area contributed by atoms with Gasteiger partial charge in [-0.05, 0) is 30.2 Å². The largest absolute Gasteiger partial charge is 0.399 e. The number of hydrogen-bond donors (Lipinski definition) is 2. The lowest BCUT2D eigenvalue weighted by molar-refractivity contribution is 0.0719. The highest BCUT2D eigenvalue weighted by molar-refractivity contribution is 5.47. The molecule has 12 heavy (non-hydrogen) atoms. The molecule has 0 aliphatic heterocycles. The lowest BCUT2D eigenvalue weighted by Gasteiger charge is -2.13. The summed E-state index contributed by atoms with van der Waals surface area (Å²) in [6.07, 6.45) is 1.48. The molecule has 0 amide bonds. The Bertz CT molecular complexity index is 318. The molecule has 1 aromatic carbocycles. The maximum Gasteiger partial charge on any atom is 0.0700 e. The summed E-state index contributed by atoms with van der Waals surface area (Å²) >= 11 is 0. The Labute approximate surface area is 72.0 Å². The maximum absolute atomic E-state index is 9.77. The molecular weight excluding hydrogens is 150 g/mol. The minimum atomic E-state index is -0.559. The zero-order chi connectivity index (χ0) is 8.77. The summed E-state index contributed by atoms with van der Waals surface area (Å²) in [5, 5.41) is 9.77. The summed E-state index contributed by atoms with van der Waals surface area (Å²) in [5.41, 5.74) is 8.29. The van der Waals surface area contributed by atoms with Gasteiger partial charge in [-0.15, -0.1) is 0 Å². The van der Waals surface area contributed by atoms with Crippen LogP contribution < -0.4 is 5.73 Å². The first-order chi connectivity index (χ1) is 5.57. The molecule has 0 aromatic heterocycles. The monoisotopic (exact) mass is 163 g/mol. The predicted molar refractivity (Wildman–Crippen MR) is 48.9 cm³/mol. The third-order valence-corrected chi connectivity index (χ3v) is 2.37. The third kappa shape index (κ3) is 1.18. The van der Waals surface area contributed by atoms with Gasteiger partial charge in [0.15, 0.2) is 0 Å². The van der Waals surface area contributed by atoms with Crippen molar-refractivity contribution in [2.24, 2.45) is 0 Å². The molecule has 0 radical (unpaired) electrons. The van der Waals surface area contributed by atoms with E-state index in [1.54, 1.807) is 0 Å². The van der Waals surface area contributed by atoms with Crippen LogP contribution in [-0.4, -0.2) is 10.7 Å². The first-order valence-electron chi connectivity index (χ1n) is 4.16. The molecule has 0 spiro atoms. The minimum absolute atomic E-state index is 0.559. The topological polar surface area (TPSA) is 46.2 Å². The number of fused-ring (bicyclic) bond motifs is 1. The van der Waals surface area contributed by atoms with Gasteiger partial charge in [0, 0.05) is 18.5 Å². The molecule has 0 saturated heterocycles. The Morgan fingerprint density at radius 3 is 2.75 bits per heavy atom. The van der Waals surface area contributed by atoms with Crippen LogP contribution in [0.2, 0.25) is 0 Å². The van der Waals surface area contributed by atoms with Gasteiger partial charge in [0.05, 0.1) is 5.60 Å². The maximum atomic E-state index is 9.77. The Hall–Kier alpha value is -1.02. The normalized spacial score (nSPS) is 27.2. The Morgan fingerprint density at radius 1 is 1.33 bits per heavy atom. The second kappa shape index (κ2) is 2.23. The predicted octanol–water partition coefficient (Wildman–Crippen LogP) is 1.12. The average molecular weight is 163 g/mol. The zero-order valence-electron chi connectivity index (χ0n) is 7.17. The Kier molecular flexibility index (Phi) is 1.42. The van der Waals surface area contributed by atoms with E-state index in [1.165, 1.54) is 11.1 Å². The lowest BCUT2D eigenvalue weighted by Crippen LogP contribution is -2.23. The quantitative estimate of drug-likeness (QED) is 0.563. The fourth-order valence-corrected chi connectivity index (χ4v) is 1.87. The summed E-state index contributed by atoms with van der Waals surface area (Å²) in [5.74, 6) is 0. The number of nitrogen functional groups attached to an aromatic ring is 1. The van der Waals surface area contributed by atoms with Crippen LogP contribution in [0.4, 0.5) is 5.69 Å². The van der Waals surface area contributed by atoms with E-state index >= 15 is 0 Å². The van der Waals surface area contributed by atoms with Gasteiger partial charge in [-0.3, -0.25) is 0 Å². The van der Waals surface area contributed by atoms with Crippen molar-refractivity contribution in [1.82, 2.24) is 0 Å². The summed E-state index contributed by atoms with van der Waals surface area (Å²) in [6, 6.07) is 5.85. The van der Waals surface area contributed by atoms with Gasteiger partial charge in [0.25, 0.3) is 0 Å². The Morgan fingerprint density at radius 2 is 2.00 bits per heavy atom. The van der Waals surface area contributed by atoms with E-state index in [-0.39, 0.29) is 0 Å². The highest BCUT2D eigenvalue weighted by Crippen LogP contribution is 2.30. The highest BCUT2D eigenvalue weighted by atomic mass is 16.3. The van der Waals surface area contributed by atoms with E-state index in [2.05, 4.69) is 0 Å². The van der Waals surface area contributed by atoms with E-state index in [9.17, 15) is 5.11 Å². The van der Waals surface area contributed by atoms with Crippen LogP contribution in [0.1, 0.15) is 18.1 Å². The van der Waals surface area contributed by atoms with E-state index in [0.29, 0.717) is 0 Å². The third-order valence-electron chi connectivity index (χ3n) is 2.37. The van der Waals surface area contributed by atoms with Crippen LogP contribution in [-0.2, 0) is 12.8 Å². The molecule has 2 nitrogen and oxygen atoms in total. The summed E-state index contributed by atoms with van der Waals surface area (Å²) in [7, 11) is 0. The molecule has 0 saturated carbocycles. The van der Waals surface area contributed by atoms with Crippen molar-refractivity contribution in [3.8, 4) is 0 Å². The first-order valence-corrected chi connectivity index (χ1v) is 4.16. The number of nitrogens with two attached hydrogens (primary N) is 1. The van der Waals surface area contributed by atoms with Gasteiger partial charge >= 0.3 is 0 Å². The average Bonchev–Trinajstić information content (AvgIpc) is 2.21. The smallest absolute Gasteiger partial charge is 0.0700 e. The summed E-state index contributed by atoms with van der Waals surface area (Å²) in [6.45, 7) is 1.86. The number of rotatable bonds is 0. The molecule has 0 heterocycles. The first kappa shape index (κ1) is 7.62. The molecule has 1 unspecified atom stereocenters. The van der Waals surface area contributed by atoms with Crippen molar-refractivity contribution in [2.45, 2.75) is 25.4 Å². The number of anilines is 1. The summed E-state index contributed by atoms with van der Waals surface area (Å²) < 4.78 is 0. The van der Waals surface area contributed by atoms with Gasteiger partial charge in [-0.1, -0.05) is 6.07 Å². The molecule has 2 rings (SSSR count). The fourth-order valence-electron chi connectivity index (χ4n) is 1.87. The zero-order valence-corrected chi connectivity index (χ0v) is 7.17. The van der Waals surface area contributed by atoms with E-state index in [4.69, 9.17) is 5.73 Å². The van der Waals surface area contributed by atoms with Crippen LogP contribution in [0.15, 0.2) is 18.2 Å². The van der Waals surface area contributed by atoms with Crippen molar-refractivity contribution in [3.05, 3.63) is 29.3 Å². The highest BCUT2D eigenvalue weighted by Gasteiger charge is 2.29. The second-order valence-corrected chi connectivity index (χ2v) is 3.88. The molecule has 3 N–H and O–H groups in total. The van der Waals surface area contributed by atoms with Gasteiger partial charge in [0.1, 0.15) is 0 Å². The minimum Gasteiger partial charge on any atom is -0.399 e. The lowest BCUT2D eigenvalue weighted by atomic mass is 10.0. The number of hydrogen-bond acceptors (Lipinski definition) is 2. The molecule has 0 bridgehead atoms. The van der Waals surface area contributed by atoms with E-state index < -0.39 is 5.60 Å². The van der Waals surface area contributed by atoms with E-state index in [1.807, 2.05) is 25.1 Å². The van der Waals surface area contributed by atoms with Gasteiger partial charge in [0.2, 0.25) is 0 Å². The standard InChI is InChI=1S/C10H13NO/c1-10(12)5-7-2-3-9(11)4-8(7)6-10/h2-4,12H,5-6,11H2,1H3. The van der Waals surface area contributed by atoms with Crippen LogP contribution in [0.5, 0.6) is 0 Å². The molecule has 1 aliphatic carbocycles. The molecule has 64 valence electrons. The molecule has 1 aromatic rings. The molecule has 1 atom stereocenters. The van der Waals surface area contributed by atoms with Crippen LogP contribution in [0, 0.1) is 0 Å². The van der Waals surface area contributed by atoms with Crippen LogP contribution >= 0.6 is 0 Å². The van der Waals surface area contributed by atoms with E-state index in [0.717, 1.165) is 18.5 Å². The number of aliphatic hydroxyl groups is 1.